The fourth-order valence-corrected chi connectivity index (χ4v) is 3.53. The smallest absolute Gasteiger partial charge is 0.317 e. The van der Waals surface area contributed by atoms with Gasteiger partial charge in [0.05, 0.1) is 6.04 Å². The molecule has 1 aromatic rings. The summed E-state index contributed by atoms with van der Waals surface area (Å²) < 4.78 is 0. The number of aliphatic hydroxyl groups is 1. The van der Waals surface area contributed by atoms with Gasteiger partial charge in [0.1, 0.15) is 0 Å². The Morgan fingerprint density at radius 2 is 2.00 bits per heavy atom. The zero-order chi connectivity index (χ0) is 15.4. The van der Waals surface area contributed by atoms with Crippen molar-refractivity contribution in [3.8, 4) is 0 Å². The summed E-state index contributed by atoms with van der Waals surface area (Å²) >= 11 is 0. The van der Waals surface area contributed by atoms with Crippen LogP contribution in [0.15, 0.2) is 30.3 Å². The molecule has 4 heteroatoms. The maximum atomic E-state index is 12.6. The molecule has 120 valence electrons. The monoisotopic (exact) mass is 302 g/mol. The minimum Gasteiger partial charge on any atom is -0.396 e. The Kier molecular flexibility index (Phi) is 4.98. The van der Waals surface area contributed by atoms with Crippen molar-refractivity contribution in [3.63, 3.8) is 0 Å². The largest absolute Gasteiger partial charge is 0.396 e. The van der Waals surface area contributed by atoms with Gasteiger partial charge in [0.25, 0.3) is 0 Å². The molecule has 3 rings (SSSR count). The quantitative estimate of drug-likeness (QED) is 0.898. The molecule has 0 spiro atoms. The molecule has 0 aromatic heterocycles. The number of carbonyl (C=O) groups is 1. The number of hydrogen-bond donors (Lipinski definition) is 2. The first kappa shape index (κ1) is 15.3. The second kappa shape index (κ2) is 7.14. The van der Waals surface area contributed by atoms with E-state index in [9.17, 15) is 9.90 Å². The third-order valence-corrected chi connectivity index (χ3v) is 5.12. The number of piperidine rings is 1. The molecule has 22 heavy (non-hydrogen) atoms. The Balaban J connectivity index is 1.66. The highest BCUT2D eigenvalue weighted by Gasteiger charge is 2.31. The topological polar surface area (TPSA) is 52.6 Å². The molecule has 0 unspecified atom stereocenters. The summed E-state index contributed by atoms with van der Waals surface area (Å²) in [7, 11) is 0. The van der Waals surface area contributed by atoms with Crippen LogP contribution in [0.25, 0.3) is 0 Å². The molecule has 2 atom stereocenters. The van der Waals surface area contributed by atoms with Gasteiger partial charge in [-0.2, -0.15) is 0 Å². The van der Waals surface area contributed by atoms with Crippen molar-refractivity contribution in [1.29, 1.82) is 0 Å². The van der Waals surface area contributed by atoms with Crippen LogP contribution in [-0.2, 0) is 0 Å². The number of urea groups is 1. The SMILES string of the molecule is O=C(N[C@@H](c1ccccc1)C1CCC1)N1CCC[C@H](CO)C1. The molecule has 2 amide bonds. The minimum absolute atomic E-state index is 0.0268. The van der Waals surface area contributed by atoms with E-state index in [2.05, 4.69) is 17.4 Å². The Bertz CT molecular complexity index is 487. The van der Waals surface area contributed by atoms with Crippen molar-refractivity contribution >= 4 is 6.03 Å². The van der Waals surface area contributed by atoms with Crippen LogP contribution in [0.5, 0.6) is 0 Å². The van der Waals surface area contributed by atoms with Gasteiger partial charge < -0.3 is 15.3 Å². The van der Waals surface area contributed by atoms with Crippen molar-refractivity contribution in [2.75, 3.05) is 19.7 Å². The van der Waals surface area contributed by atoms with Crippen molar-refractivity contribution in [3.05, 3.63) is 35.9 Å². The number of carbonyl (C=O) groups excluding carboxylic acids is 1. The number of hydrogen-bond acceptors (Lipinski definition) is 2. The third kappa shape index (κ3) is 3.43. The van der Waals surface area contributed by atoms with E-state index in [1.165, 1.54) is 24.8 Å². The van der Waals surface area contributed by atoms with Crippen molar-refractivity contribution in [2.24, 2.45) is 11.8 Å². The van der Waals surface area contributed by atoms with Gasteiger partial charge in [0, 0.05) is 19.7 Å². The summed E-state index contributed by atoms with van der Waals surface area (Å²) in [4.78, 5) is 14.5. The number of amides is 2. The van der Waals surface area contributed by atoms with Gasteiger partial charge in [-0.3, -0.25) is 0 Å². The summed E-state index contributed by atoms with van der Waals surface area (Å²) in [5, 5.41) is 12.6. The number of nitrogens with zero attached hydrogens (tertiary/aromatic N) is 1. The predicted octanol–water partition coefficient (Wildman–Crippen LogP) is 2.94. The van der Waals surface area contributed by atoms with E-state index < -0.39 is 0 Å². The first-order valence-corrected chi connectivity index (χ1v) is 8.49. The molecule has 2 fully saturated rings. The first-order chi connectivity index (χ1) is 10.8. The Labute approximate surface area is 132 Å². The molecular formula is C18H26N2O2. The number of nitrogens with one attached hydrogen (secondary N) is 1. The molecule has 1 saturated heterocycles. The summed E-state index contributed by atoms with van der Waals surface area (Å²) in [5.41, 5.74) is 1.20. The van der Waals surface area contributed by atoms with E-state index in [4.69, 9.17) is 0 Å². The summed E-state index contributed by atoms with van der Waals surface area (Å²) in [6.45, 7) is 1.65. The maximum Gasteiger partial charge on any atom is 0.317 e. The van der Waals surface area contributed by atoms with Gasteiger partial charge in [0.15, 0.2) is 0 Å². The van der Waals surface area contributed by atoms with E-state index in [-0.39, 0.29) is 24.6 Å². The zero-order valence-corrected chi connectivity index (χ0v) is 13.1. The van der Waals surface area contributed by atoms with E-state index in [0.717, 1.165) is 19.4 Å². The molecule has 1 heterocycles. The highest BCUT2D eigenvalue weighted by atomic mass is 16.3. The molecule has 1 saturated carbocycles. The Hall–Kier alpha value is -1.55. The Morgan fingerprint density at radius 3 is 2.64 bits per heavy atom. The van der Waals surface area contributed by atoms with Gasteiger partial charge >= 0.3 is 6.03 Å². The first-order valence-electron chi connectivity index (χ1n) is 8.49. The average molecular weight is 302 g/mol. The van der Waals surface area contributed by atoms with Crippen LogP contribution in [-0.4, -0.2) is 35.7 Å². The van der Waals surface area contributed by atoms with Crippen LogP contribution in [0.1, 0.15) is 43.7 Å². The summed E-state index contributed by atoms with van der Waals surface area (Å²) in [6, 6.07) is 10.5. The number of likely N-dealkylation sites (tertiary alicyclic amines) is 1. The molecule has 0 bridgehead atoms. The fraction of sp³-hybridized carbons (Fsp3) is 0.611. The second-order valence-electron chi connectivity index (χ2n) is 6.67. The van der Waals surface area contributed by atoms with Crippen molar-refractivity contribution in [2.45, 2.75) is 38.1 Å². The third-order valence-electron chi connectivity index (χ3n) is 5.12. The van der Waals surface area contributed by atoms with Gasteiger partial charge in [-0.05, 0) is 43.1 Å². The van der Waals surface area contributed by atoms with Crippen LogP contribution >= 0.6 is 0 Å². The second-order valence-corrected chi connectivity index (χ2v) is 6.67. The molecule has 1 aliphatic heterocycles. The molecule has 4 nitrogen and oxygen atoms in total. The van der Waals surface area contributed by atoms with Crippen LogP contribution in [0.4, 0.5) is 4.79 Å². The van der Waals surface area contributed by atoms with Gasteiger partial charge in [-0.25, -0.2) is 4.79 Å². The summed E-state index contributed by atoms with van der Waals surface area (Å²) in [5.74, 6) is 0.795. The van der Waals surface area contributed by atoms with E-state index >= 15 is 0 Å². The molecule has 2 aliphatic rings. The lowest BCUT2D eigenvalue weighted by Gasteiger charge is -2.38. The zero-order valence-electron chi connectivity index (χ0n) is 13.1. The number of rotatable bonds is 4. The fourth-order valence-electron chi connectivity index (χ4n) is 3.53. The lowest BCUT2D eigenvalue weighted by Crippen LogP contribution is -2.48. The van der Waals surface area contributed by atoms with Crippen LogP contribution in [0.3, 0.4) is 0 Å². The van der Waals surface area contributed by atoms with Crippen molar-refractivity contribution in [1.82, 2.24) is 10.2 Å². The maximum absolute atomic E-state index is 12.6. The van der Waals surface area contributed by atoms with Gasteiger partial charge in [-0.15, -0.1) is 0 Å². The summed E-state index contributed by atoms with van der Waals surface area (Å²) in [6.07, 6.45) is 5.65. The standard InChI is InChI=1S/C18H26N2O2/c21-13-14-6-5-11-20(12-14)18(22)19-17(16-9-4-10-16)15-7-2-1-3-8-15/h1-3,7-8,14,16-17,21H,4-6,9-13H2,(H,19,22)/t14-,17-/m0/s1. The molecule has 1 aliphatic carbocycles. The highest BCUT2D eigenvalue weighted by molar-refractivity contribution is 5.75. The molecular weight excluding hydrogens is 276 g/mol. The predicted molar refractivity (Wildman–Crippen MR) is 86.4 cm³/mol. The highest BCUT2D eigenvalue weighted by Crippen LogP contribution is 2.37. The van der Waals surface area contributed by atoms with E-state index in [1.54, 1.807) is 0 Å². The number of benzene rings is 1. The lowest BCUT2D eigenvalue weighted by atomic mass is 9.77. The Morgan fingerprint density at radius 1 is 1.23 bits per heavy atom. The minimum atomic E-state index is 0.0268. The number of aliphatic hydroxyl groups excluding tert-OH is 1. The molecule has 0 radical (unpaired) electrons. The average Bonchev–Trinajstić information content (AvgIpc) is 2.53. The van der Waals surface area contributed by atoms with Gasteiger partial charge in [-0.1, -0.05) is 36.8 Å². The van der Waals surface area contributed by atoms with Gasteiger partial charge in [0.2, 0.25) is 0 Å². The van der Waals surface area contributed by atoms with Crippen LogP contribution in [0, 0.1) is 11.8 Å². The molecule has 2 N–H and O–H groups in total. The van der Waals surface area contributed by atoms with Crippen LogP contribution in [0.2, 0.25) is 0 Å². The van der Waals surface area contributed by atoms with Crippen LogP contribution < -0.4 is 5.32 Å². The van der Waals surface area contributed by atoms with Crippen molar-refractivity contribution < 1.29 is 9.90 Å². The molecule has 1 aromatic carbocycles. The van der Waals surface area contributed by atoms with E-state index in [0.29, 0.717) is 12.5 Å². The lowest BCUT2D eigenvalue weighted by molar-refractivity contribution is 0.123. The normalized spacial score (nSPS) is 23.7. The van der Waals surface area contributed by atoms with E-state index in [1.807, 2.05) is 23.1 Å².